The van der Waals surface area contributed by atoms with Crippen LogP contribution in [-0.2, 0) is 4.79 Å². The molecule has 0 aliphatic rings. The molecule has 0 aromatic rings. The molecule has 0 aliphatic carbocycles. The third-order valence-corrected chi connectivity index (χ3v) is 5.31. The second-order valence-electron chi connectivity index (χ2n) is 8.19. The van der Waals surface area contributed by atoms with Crippen molar-refractivity contribution in [3.8, 4) is 0 Å². The molecule has 0 atom stereocenters. The number of hydrogen-bond acceptors (Lipinski definition) is 2. The van der Waals surface area contributed by atoms with E-state index in [0.29, 0.717) is 6.61 Å². The normalized spacial score (nSPS) is 10.5. The average molecular weight is 401 g/mol. The Balaban J connectivity index is 0. The number of carboxylic acids is 1. The third kappa shape index (κ3) is 33.0. The summed E-state index contributed by atoms with van der Waals surface area (Å²) < 4.78 is 0. The summed E-state index contributed by atoms with van der Waals surface area (Å²) in [7, 11) is 0. The lowest BCUT2D eigenvalue weighted by Crippen LogP contribution is -1.86. The van der Waals surface area contributed by atoms with Crippen molar-refractivity contribution in [3.05, 3.63) is 0 Å². The minimum Gasteiger partial charge on any atom is -0.481 e. The first kappa shape index (κ1) is 29.6. The lowest BCUT2D eigenvalue weighted by Gasteiger charge is -2.03. The molecule has 0 aromatic heterocycles. The summed E-state index contributed by atoms with van der Waals surface area (Å²) in [6, 6.07) is 0. The average Bonchev–Trinajstić information content (AvgIpc) is 2.70. The molecule has 0 fully saturated rings. The monoisotopic (exact) mass is 400 g/mol. The van der Waals surface area contributed by atoms with Gasteiger partial charge >= 0.3 is 5.97 Å². The molecule has 0 saturated heterocycles. The molecule has 0 saturated carbocycles. The number of aliphatic hydroxyl groups is 1. The molecular weight excluding hydrogens is 348 g/mol. The quantitative estimate of drug-likeness (QED) is 0.190. The van der Waals surface area contributed by atoms with E-state index in [9.17, 15) is 4.79 Å². The van der Waals surface area contributed by atoms with Crippen molar-refractivity contribution in [1.29, 1.82) is 0 Å². The molecule has 0 amide bonds. The first-order valence-corrected chi connectivity index (χ1v) is 12.5. The molecule has 0 spiro atoms. The molecule has 3 nitrogen and oxygen atoms in total. The highest BCUT2D eigenvalue weighted by Gasteiger charge is 1.95. The van der Waals surface area contributed by atoms with Crippen molar-refractivity contribution >= 4 is 5.97 Å². The number of carbonyl (C=O) groups is 1. The van der Waals surface area contributed by atoms with E-state index in [-0.39, 0.29) is 6.42 Å². The molecule has 3 heteroatoms. The first-order chi connectivity index (χ1) is 13.7. The van der Waals surface area contributed by atoms with Crippen LogP contribution in [0.25, 0.3) is 0 Å². The molecule has 0 aromatic carbocycles. The van der Waals surface area contributed by atoms with Crippen LogP contribution in [0.1, 0.15) is 149 Å². The molecule has 28 heavy (non-hydrogen) atoms. The molecule has 170 valence electrons. The molecule has 0 radical (unpaired) electrons. The van der Waals surface area contributed by atoms with Crippen LogP contribution < -0.4 is 0 Å². The van der Waals surface area contributed by atoms with Gasteiger partial charge in [-0.15, -0.1) is 0 Å². The third-order valence-electron chi connectivity index (χ3n) is 5.31. The van der Waals surface area contributed by atoms with E-state index < -0.39 is 5.97 Å². The lowest BCUT2D eigenvalue weighted by molar-refractivity contribution is -0.136. The zero-order chi connectivity index (χ0) is 21.1. The van der Waals surface area contributed by atoms with Crippen LogP contribution in [0.4, 0.5) is 0 Å². The van der Waals surface area contributed by atoms with E-state index in [0.717, 1.165) is 6.42 Å². The fraction of sp³-hybridized carbons (Fsp3) is 0.960. The Kier molecular flexibility index (Phi) is 30.3. The van der Waals surface area contributed by atoms with Crippen molar-refractivity contribution in [2.24, 2.45) is 0 Å². The van der Waals surface area contributed by atoms with E-state index in [4.69, 9.17) is 10.2 Å². The van der Waals surface area contributed by atoms with Crippen LogP contribution in [0.3, 0.4) is 0 Å². The second-order valence-corrected chi connectivity index (χ2v) is 8.19. The molecular formula is C25H52O3. The van der Waals surface area contributed by atoms with Crippen LogP contribution >= 0.6 is 0 Å². The first-order valence-electron chi connectivity index (χ1n) is 12.5. The van der Waals surface area contributed by atoms with Gasteiger partial charge in [-0.05, 0) is 6.42 Å². The standard InChI is InChI=1S/C22H46O.C3H6O2/c1-2-3-4-5-6-7-8-9-10-11-12-13-14-15-16-17-18-19-20-21-22-23;1-2-3(4)5/h23H,2-22H2,1H3;2H2,1H3,(H,4,5). The highest BCUT2D eigenvalue weighted by atomic mass is 16.4. The maximum absolute atomic E-state index is 9.37. The number of rotatable bonds is 21. The van der Waals surface area contributed by atoms with Gasteiger partial charge in [0.25, 0.3) is 0 Å². The highest BCUT2D eigenvalue weighted by Crippen LogP contribution is 2.14. The minimum atomic E-state index is -0.745. The molecule has 0 rings (SSSR count). The summed E-state index contributed by atoms with van der Waals surface area (Å²) in [4.78, 5) is 9.37. The summed E-state index contributed by atoms with van der Waals surface area (Å²) in [5.41, 5.74) is 0. The summed E-state index contributed by atoms with van der Waals surface area (Å²) in [5.74, 6) is -0.745. The van der Waals surface area contributed by atoms with Crippen LogP contribution in [0.5, 0.6) is 0 Å². The molecule has 0 unspecified atom stereocenters. The van der Waals surface area contributed by atoms with Gasteiger partial charge in [0.15, 0.2) is 0 Å². The van der Waals surface area contributed by atoms with Gasteiger partial charge in [-0.3, -0.25) is 4.79 Å². The van der Waals surface area contributed by atoms with E-state index in [2.05, 4.69) is 6.92 Å². The Hall–Kier alpha value is -0.570. The predicted molar refractivity (Wildman–Crippen MR) is 123 cm³/mol. The van der Waals surface area contributed by atoms with Gasteiger partial charge in [-0.2, -0.15) is 0 Å². The molecule has 0 bridgehead atoms. The number of aliphatic carboxylic acids is 1. The van der Waals surface area contributed by atoms with Crippen molar-refractivity contribution < 1.29 is 15.0 Å². The van der Waals surface area contributed by atoms with Crippen molar-refractivity contribution in [3.63, 3.8) is 0 Å². The fourth-order valence-electron chi connectivity index (χ4n) is 3.37. The Morgan fingerprint density at radius 2 is 0.714 bits per heavy atom. The smallest absolute Gasteiger partial charge is 0.303 e. The zero-order valence-electron chi connectivity index (χ0n) is 19.4. The van der Waals surface area contributed by atoms with Crippen molar-refractivity contribution in [2.45, 2.75) is 149 Å². The van der Waals surface area contributed by atoms with Crippen molar-refractivity contribution in [1.82, 2.24) is 0 Å². The summed E-state index contributed by atoms with van der Waals surface area (Å²) in [6.45, 7) is 4.27. The molecule has 0 aliphatic heterocycles. The van der Waals surface area contributed by atoms with E-state index in [1.807, 2.05) is 0 Å². The predicted octanol–water partition coefficient (Wildman–Crippen LogP) is 8.28. The number of unbranched alkanes of at least 4 members (excludes halogenated alkanes) is 19. The SMILES string of the molecule is CCC(=O)O.CCCCCCCCCCCCCCCCCCCCCCO. The summed E-state index contributed by atoms with van der Waals surface area (Å²) >= 11 is 0. The van der Waals surface area contributed by atoms with Gasteiger partial charge in [0, 0.05) is 13.0 Å². The second kappa shape index (κ2) is 28.6. The van der Waals surface area contributed by atoms with Gasteiger partial charge in [0.05, 0.1) is 0 Å². The van der Waals surface area contributed by atoms with Crippen molar-refractivity contribution in [2.75, 3.05) is 6.61 Å². The maximum Gasteiger partial charge on any atom is 0.303 e. The summed E-state index contributed by atoms with van der Waals surface area (Å²) in [5, 5.41) is 16.4. The van der Waals surface area contributed by atoms with Gasteiger partial charge in [0.1, 0.15) is 0 Å². The number of aliphatic hydroxyl groups excluding tert-OH is 1. The Morgan fingerprint density at radius 1 is 0.500 bits per heavy atom. The lowest BCUT2D eigenvalue weighted by atomic mass is 10.0. The van der Waals surface area contributed by atoms with Gasteiger partial charge < -0.3 is 10.2 Å². The van der Waals surface area contributed by atoms with Gasteiger partial charge in [-0.1, -0.05) is 136 Å². The van der Waals surface area contributed by atoms with E-state index >= 15 is 0 Å². The Bertz CT molecular complexity index is 259. The molecule has 0 heterocycles. The van der Waals surface area contributed by atoms with Gasteiger partial charge in [-0.25, -0.2) is 0 Å². The number of carboxylic acid groups (broad SMARTS) is 1. The van der Waals surface area contributed by atoms with Crippen LogP contribution in [0.2, 0.25) is 0 Å². The molecule has 2 N–H and O–H groups in total. The highest BCUT2D eigenvalue weighted by molar-refractivity contribution is 5.66. The maximum atomic E-state index is 9.37. The Morgan fingerprint density at radius 3 is 0.893 bits per heavy atom. The van der Waals surface area contributed by atoms with Crippen LogP contribution in [-0.4, -0.2) is 22.8 Å². The minimum absolute atomic E-state index is 0.222. The topological polar surface area (TPSA) is 57.5 Å². The fourth-order valence-corrected chi connectivity index (χ4v) is 3.37. The van der Waals surface area contributed by atoms with Crippen LogP contribution in [0, 0.1) is 0 Å². The Labute approximate surface area is 176 Å². The van der Waals surface area contributed by atoms with Gasteiger partial charge in [0.2, 0.25) is 0 Å². The zero-order valence-corrected chi connectivity index (χ0v) is 19.4. The summed E-state index contributed by atoms with van der Waals surface area (Å²) in [6.07, 6.45) is 28.3. The number of hydrogen-bond donors (Lipinski definition) is 2. The van der Waals surface area contributed by atoms with E-state index in [1.54, 1.807) is 6.92 Å². The largest absolute Gasteiger partial charge is 0.481 e. The van der Waals surface area contributed by atoms with Crippen LogP contribution in [0.15, 0.2) is 0 Å². The van der Waals surface area contributed by atoms with E-state index in [1.165, 1.54) is 122 Å².